The molecule has 0 spiro atoms. The molecule has 0 aromatic rings. The van der Waals surface area contributed by atoms with Gasteiger partial charge in [-0.05, 0) is 11.8 Å². The van der Waals surface area contributed by atoms with Crippen LogP contribution in [0.25, 0.3) is 0 Å². The average Bonchev–Trinajstić information content (AvgIpc) is 3.00. The van der Waals surface area contributed by atoms with E-state index in [4.69, 9.17) is 9.84 Å². The highest BCUT2D eigenvalue weighted by Crippen LogP contribution is 2.28. The lowest BCUT2D eigenvalue weighted by molar-refractivity contribution is -0.146. The molecule has 0 radical (unpaired) electrons. The lowest BCUT2D eigenvalue weighted by atomic mass is 9.99. The number of nitrogens with zero attached hydrogens (tertiary/aromatic N) is 2. The number of methoxy groups -OCH3 is 1. The van der Waals surface area contributed by atoms with E-state index < -0.39 is 11.9 Å². The van der Waals surface area contributed by atoms with Gasteiger partial charge in [-0.3, -0.25) is 9.59 Å². The van der Waals surface area contributed by atoms with Crippen molar-refractivity contribution in [3.8, 4) is 0 Å². The third-order valence-electron chi connectivity index (χ3n) is 4.59. The third-order valence-corrected chi connectivity index (χ3v) is 4.59. The van der Waals surface area contributed by atoms with Gasteiger partial charge in [0.1, 0.15) is 0 Å². The minimum atomic E-state index is -0.861. The van der Waals surface area contributed by atoms with Crippen molar-refractivity contribution in [2.75, 3.05) is 33.3 Å². The van der Waals surface area contributed by atoms with Crippen molar-refractivity contribution in [1.82, 2.24) is 9.80 Å². The van der Waals surface area contributed by atoms with Gasteiger partial charge in [0.05, 0.1) is 18.9 Å². The van der Waals surface area contributed by atoms with E-state index in [2.05, 4.69) is 0 Å². The summed E-state index contributed by atoms with van der Waals surface area (Å²) in [5.41, 5.74) is 0. The van der Waals surface area contributed by atoms with Crippen molar-refractivity contribution in [3.63, 3.8) is 0 Å². The molecule has 2 aliphatic heterocycles. The van der Waals surface area contributed by atoms with Crippen molar-refractivity contribution >= 4 is 18.0 Å². The van der Waals surface area contributed by atoms with E-state index in [1.165, 1.54) is 7.11 Å². The van der Waals surface area contributed by atoms with Crippen molar-refractivity contribution in [3.05, 3.63) is 0 Å². The number of carboxylic acids is 1. The van der Waals surface area contributed by atoms with Crippen LogP contribution in [0.5, 0.6) is 0 Å². The quantitative estimate of drug-likeness (QED) is 0.750. The summed E-state index contributed by atoms with van der Waals surface area (Å²) in [5.74, 6) is -1.96. The highest BCUT2D eigenvalue weighted by molar-refractivity contribution is 5.80. The summed E-state index contributed by atoms with van der Waals surface area (Å²) in [5, 5.41) is 9.12. The molecule has 2 saturated heterocycles. The lowest BCUT2D eigenvalue weighted by Crippen LogP contribution is -2.41. The zero-order valence-electron chi connectivity index (χ0n) is 12.6. The number of rotatable bonds is 2. The molecular weight excluding hydrogens is 276 g/mol. The molecule has 0 aliphatic carbocycles. The highest BCUT2D eigenvalue weighted by Gasteiger charge is 2.42. The Morgan fingerprint density at radius 1 is 0.952 bits per heavy atom. The summed E-state index contributed by atoms with van der Waals surface area (Å²) < 4.78 is 4.76. The Kier molecular flexibility index (Phi) is 4.39. The number of amides is 2. The van der Waals surface area contributed by atoms with Crippen LogP contribution in [0, 0.1) is 23.7 Å². The molecule has 118 valence electrons. The SMILES string of the molecule is COC(=O)C1CN(C(=O)N2CC(C)C(C(=O)O)C2)CC1C. The summed E-state index contributed by atoms with van der Waals surface area (Å²) >= 11 is 0. The second-order valence-electron chi connectivity index (χ2n) is 6.12. The Morgan fingerprint density at radius 2 is 1.43 bits per heavy atom. The van der Waals surface area contributed by atoms with Crippen LogP contribution in [-0.4, -0.2) is 66.2 Å². The molecule has 2 aliphatic rings. The first-order valence-electron chi connectivity index (χ1n) is 7.19. The predicted molar refractivity (Wildman–Crippen MR) is 73.5 cm³/mol. The van der Waals surface area contributed by atoms with Gasteiger partial charge in [0.25, 0.3) is 0 Å². The molecule has 1 N–H and O–H groups in total. The van der Waals surface area contributed by atoms with Crippen LogP contribution in [0.15, 0.2) is 0 Å². The second-order valence-corrected chi connectivity index (χ2v) is 6.12. The molecule has 0 saturated carbocycles. The fourth-order valence-electron chi connectivity index (χ4n) is 3.23. The van der Waals surface area contributed by atoms with Crippen LogP contribution in [-0.2, 0) is 14.3 Å². The van der Waals surface area contributed by atoms with Crippen LogP contribution in [0.3, 0.4) is 0 Å². The molecule has 2 fully saturated rings. The number of hydrogen-bond donors (Lipinski definition) is 1. The smallest absolute Gasteiger partial charge is 0.320 e. The first kappa shape index (κ1) is 15.6. The van der Waals surface area contributed by atoms with E-state index in [9.17, 15) is 14.4 Å². The minimum Gasteiger partial charge on any atom is -0.481 e. The number of carbonyl (C=O) groups is 3. The number of hydrogen-bond acceptors (Lipinski definition) is 4. The topological polar surface area (TPSA) is 87.2 Å². The number of urea groups is 1. The Hall–Kier alpha value is -1.79. The maximum absolute atomic E-state index is 12.5. The molecule has 21 heavy (non-hydrogen) atoms. The van der Waals surface area contributed by atoms with Crippen LogP contribution >= 0.6 is 0 Å². The first-order valence-corrected chi connectivity index (χ1v) is 7.19. The van der Waals surface area contributed by atoms with E-state index in [-0.39, 0.29) is 36.3 Å². The number of ether oxygens (including phenoxy) is 1. The van der Waals surface area contributed by atoms with Gasteiger partial charge in [-0.2, -0.15) is 0 Å². The summed E-state index contributed by atoms with van der Waals surface area (Å²) in [7, 11) is 1.35. The molecule has 7 nitrogen and oxygen atoms in total. The van der Waals surface area contributed by atoms with E-state index in [1.807, 2.05) is 13.8 Å². The van der Waals surface area contributed by atoms with Crippen molar-refractivity contribution < 1.29 is 24.2 Å². The van der Waals surface area contributed by atoms with Gasteiger partial charge < -0.3 is 19.6 Å². The molecule has 2 heterocycles. The Bertz CT molecular complexity index is 453. The zero-order chi connectivity index (χ0) is 15.7. The van der Waals surface area contributed by atoms with Gasteiger partial charge in [-0.25, -0.2) is 4.79 Å². The van der Waals surface area contributed by atoms with Gasteiger partial charge in [0.2, 0.25) is 0 Å². The van der Waals surface area contributed by atoms with Gasteiger partial charge in [0.15, 0.2) is 0 Å². The molecule has 0 aromatic heterocycles. The molecule has 7 heteroatoms. The summed E-state index contributed by atoms with van der Waals surface area (Å²) in [6.07, 6.45) is 0. The molecule has 2 rings (SSSR count). The van der Waals surface area contributed by atoms with Crippen molar-refractivity contribution in [1.29, 1.82) is 0 Å². The number of carbonyl (C=O) groups excluding carboxylic acids is 2. The summed E-state index contributed by atoms with van der Waals surface area (Å²) in [4.78, 5) is 38.5. The van der Waals surface area contributed by atoms with Crippen LogP contribution < -0.4 is 0 Å². The molecular formula is C14H22N2O5. The first-order chi connectivity index (χ1) is 9.85. The number of aliphatic carboxylic acids is 1. The summed E-state index contributed by atoms with van der Waals surface area (Å²) in [6, 6.07) is -0.177. The van der Waals surface area contributed by atoms with Gasteiger partial charge >= 0.3 is 18.0 Å². The van der Waals surface area contributed by atoms with Gasteiger partial charge in [0, 0.05) is 26.2 Å². The van der Waals surface area contributed by atoms with E-state index in [0.29, 0.717) is 19.6 Å². The van der Waals surface area contributed by atoms with E-state index >= 15 is 0 Å². The average molecular weight is 298 g/mol. The largest absolute Gasteiger partial charge is 0.481 e. The van der Waals surface area contributed by atoms with Crippen molar-refractivity contribution in [2.45, 2.75) is 13.8 Å². The number of esters is 1. The Balaban J connectivity index is 1.99. The van der Waals surface area contributed by atoms with Crippen LogP contribution in [0.1, 0.15) is 13.8 Å². The standard InChI is InChI=1S/C14H22N2O5/c1-8-4-15(6-10(8)12(17)18)14(20)16-5-9(2)11(7-16)13(19)21-3/h8-11H,4-7H2,1-3H3,(H,17,18). The van der Waals surface area contributed by atoms with Gasteiger partial charge in [-0.15, -0.1) is 0 Å². The maximum atomic E-state index is 12.5. The normalized spacial score (nSPS) is 32.3. The maximum Gasteiger partial charge on any atom is 0.320 e. The Morgan fingerprint density at radius 3 is 1.86 bits per heavy atom. The van der Waals surface area contributed by atoms with Crippen LogP contribution in [0.4, 0.5) is 4.79 Å². The Labute approximate surface area is 123 Å². The van der Waals surface area contributed by atoms with E-state index in [1.54, 1.807) is 9.80 Å². The van der Waals surface area contributed by atoms with Crippen LogP contribution in [0.2, 0.25) is 0 Å². The number of carboxylic acid groups (broad SMARTS) is 1. The zero-order valence-corrected chi connectivity index (χ0v) is 12.6. The molecule has 0 aromatic carbocycles. The predicted octanol–water partition coefficient (Wildman–Crippen LogP) is 0.500. The molecule has 4 atom stereocenters. The highest BCUT2D eigenvalue weighted by atomic mass is 16.5. The van der Waals surface area contributed by atoms with E-state index in [0.717, 1.165) is 0 Å². The molecule has 4 unspecified atom stereocenters. The molecule has 2 amide bonds. The summed E-state index contributed by atoms with van der Waals surface area (Å²) in [6.45, 7) is 5.29. The number of likely N-dealkylation sites (tertiary alicyclic amines) is 2. The van der Waals surface area contributed by atoms with Gasteiger partial charge in [-0.1, -0.05) is 13.8 Å². The monoisotopic (exact) mass is 298 g/mol. The fraction of sp³-hybridized carbons (Fsp3) is 0.786. The molecule has 0 bridgehead atoms. The lowest BCUT2D eigenvalue weighted by Gasteiger charge is -2.24. The fourth-order valence-corrected chi connectivity index (χ4v) is 3.23. The minimum absolute atomic E-state index is 0.0525. The third kappa shape index (κ3) is 2.96. The second kappa shape index (κ2) is 5.91. The van der Waals surface area contributed by atoms with Crippen molar-refractivity contribution in [2.24, 2.45) is 23.7 Å².